The Morgan fingerprint density at radius 1 is 1.78 bits per heavy atom. The Morgan fingerprint density at radius 2 is 2.44 bits per heavy atom. The van der Waals surface area contributed by atoms with Crippen LogP contribution in [-0.4, -0.2) is 17.3 Å². The van der Waals surface area contributed by atoms with Gasteiger partial charge in [-0.2, -0.15) is 0 Å². The van der Waals surface area contributed by atoms with Gasteiger partial charge in [0.1, 0.15) is 0 Å². The highest BCUT2D eigenvalue weighted by Crippen LogP contribution is 2.32. The first-order valence-corrected chi connectivity index (χ1v) is 3.56. The highest BCUT2D eigenvalue weighted by Gasteiger charge is 2.34. The molecule has 1 aliphatic carbocycles. The molecule has 1 aliphatic rings. The van der Waals surface area contributed by atoms with Crippen molar-refractivity contribution in [3.05, 3.63) is 0 Å². The fourth-order valence-electron chi connectivity index (χ4n) is 1.56. The number of hydrogen-bond donors (Lipinski definition) is 2. The highest BCUT2D eigenvalue weighted by molar-refractivity contribution is 4.91. The van der Waals surface area contributed by atoms with Gasteiger partial charge in [-0.05, 0) is 25.7 Å². The predicted octanol–water partition coefficient (Wildman–Crippen LogP) is 0.496. The Bertz CT molecular complexity index is 101. The second-order valence-electron chi connectivity index (χ2n) is 3.28. The fourth-order valence-corrected chi connectivity index (χ4v) is 1.56. The molecule has 2 nitrogen and oxygen atoms in total. The van der Waals surface area contributed by atoms with E-state index in [1.54, 1.807) is 0 Å². The van der Waals surface area contributed by atoms with Crippen molar-refractivity contribution < 1.29 is 5.11 Å². The zero-order valence-electron chi connectivity index (χ0n) is 5.93. The third-order valence-corrected chi connectivity index (χ3v) is 2.42. The molecule has 0 aromatic rings. The first-order valence-electron chi connectivity index (χ1n) is 3.56. The summed E-state index contributed by atoms with van der Waals surface area (Å²) in [5.41, 5.74) is 5.78. The molecule has 1 rings (SSSR count). The van der Waals surface area contributed by atoms with Crippen LogP contribution < -0.4 is 5.73 Å². The van der Waals surface area contributed by atoms with Gasteiger partial charge in [-0.15, -0.1) is 0 Å². The van der Waals surface area contributed by atoms with Gasteiger partial charge in [-0.3, -0.25) is 0 Å². The molecule has 2 atom stereocenters. The Balaban J connectivity index is 2.52. The van der Waals surface area contributed by atoms with E-state index >= 15 is 0 Å². The molecule has 0 spiro atoms. The van der Waals surface area contributed by atoms with Crippen molar-refractivity contribution in [2.45, 2.75) is 31.7 Å². The van der Waals surface area contributed by atoms with Crippen molar-refractivity contribution in [2.75, 3.05) is 6.61 Å². The molecule has 9 heavy (non-hydrogen) atoms. The standard InChI is InChI=1S/C7H15NO/c1-7(8)4-2-3-6(7)5-9/h6,9H,2-5,8H2,1H3. The number of rotatable bonds is 1. The van der Waals surface area contributed by atoms with E-state index in [2.05, 4.69) is 0 Å². The van der Waals surface area contributed by atoms with Crippen molar-refractivity contribution in [3.8, 4) is 0 Å². The molecule has 0 radical (unpaired) electrons. The molecule has 0 bridgehead atoms. The van der Waals surface area contributed by atoms with Gasteiger partial charge in [0.15, 0.2) is 0 Å². The average molecular weight is 129 g/mol. The van der Waals surface area contributed by atoms with E-state index in [9.17, 15) is 0 Å². The summed E-state index contributed by atoms with van der Waals surface area (Å²) in [5.74, 6) is 0.345. The van der Waals surface area contributed by atoms with Crippen LogP contribution in [0.15, 0.2) is 0 Å². The van der Waals surface area contributed by atoms with Gasteiger partial charge in [0, 0.05) is 12.1 Å². The van der Waals surface area contributed by atoms with Crippen LogP contribution in [-0.2, 0) is 0 Å². The van der Waals surface area contributed by atoms with Crippen LogP contribution in [0.2, 0.25) is 0 Å². The van der Waals surface area contributed by atoms with E-state index in [0.29, 0.717) is 5.92 Å². The second kappa shape index (κ2) is 2.27. The molecule has 0 aromatic heterocycles. The zero-order chi connectivity index (χ0) is 6.91. The summed E-state index contributed by atoms with van der Waals surface area (Å²) in [5, 5.41) is 8.82. The SMILES string of the molecule is CC1(N)CCCC1CO. The molecule has 0 amide bonds. The Labute approximate surface area is 56.1 Å². The minimum Gasteiger partial charge on any atom is -0.396 e. The highest BCUT2D eigenvalue weighted by atomic mass is 16.3. The van der Waals surface area contributed by atoms with Crippen LogP contribution in [0.1, 0.15) is 26.2 Å². The van der Waals surface area contributed by atoms with E-state index < -0.39 is 0 Å². The molecule has 0 saturated heterocycles. The molecular weight excluding hydrogens is 114 g/mol. The van der Waals surface area contributed by atoms with Crippen LogP contribution in [0.3, 0.4) is 0 Å². The smallest absolute Gasteiger partial charge is 0.0476 e. The van der Waals surface area contributed by atoms with Crippen LogP contribution >= 0.6 is 0 Å². The van der Waals surface area contributed by atoms with Gasteiger partial charge < -0.3 is 10.8 Å². The maximum atomic E-state index is 8.82. The van der Waals surface area contributed by atoms with Crippen LogP contribution in [0, 0.1) is 5.92 Å². The summed E-state index contributed by atoms with van der Waals surface area (Å²) >= 11 is 0. The predicted molar refractivity (Wildman–Crippen MR) is 37.0 cm³/mol. The Hall–Kier alpha value is -0.0800. The molecule has 2 unspecified atom stereocenters. The van der Waals surface area contributed by atoms with Crippen molar-refractivity contribution in [3.63, 3.8) is 0 Å². The minimum atomic E-state index is -0.0885. The van der Waals surface area contributed by atoms with Crippen LogP contribution in [0.4, 0.5) is 0 Å². The van der Waals surface area contributed by atoms with Gasteiger partial charge >= 0.3 is 0 Å². The summed E-state index contributed by atoms with van der Waals surface area (Å²) < 4.78 is 0. The summed E-state index contributed by atoms with van der Waals surface area (Å²) in [6.45, 7) is 2.29. The lowest BCUT2D eigenvalue weighted by molar-refractivity contribution is 0.183. The summed E-state index contributed by atoms with van der Waals surface area (Å²) in [7, 11) is 0. The molecule has 0 heterocycles. The maximum Gasteiger partial charge on any atom is 0.0476 e. The number of aliphatic hydroxyl groups excluding tert-OH is 1. The summed E-state index contributed by atoms with van der Waals surface area (Å²) in [6.07, 6.45) is 3.35. The molecule has 3 N–H and O–H groups in total. The molecule has 1 saturated carbocycles. The third kappa shape index (κ3) is 1.25. The minimum absolute atomic E-state index is 0.0885. The van der Waals surface area contributed by atoms with Crippen LogP contribution in [0.5, 0.6) is 0 Å². The normalized spacial score (nSPS) is 43.7. The van der Waals surface area contributed by atoms with Crippen molar-refractivity contribution in [2.24, 2.45) is 11.7 Å². The van der Waals surface area contributed by atoms with Crippen molar-refractivity contribution in [1.29, 1.82) is 0 Å². The first kappa shape index (κ1) is 7.03. The Morgan fingerprint density at radius 3 is 2.67 bits per heavy atom. The van der Waals surface area contributed by atoms with E-state index in [0.717, 1.165) is 12.8 Å². The van der Waals surface area contributed by atoms with Gasteiger partial charge in [-0.25, -0.2) is 0 Å². The maximum absolute atomic E-state index is 8.82. The lowest BCUT2D eigenvalue weighted by Crippen LogP contribution is -2.41. The number of aliphatic hydroxyl groups is 1. The van der Waals surface area contributed by atoms with E-state index in [-0.39, 0.29) is 12.1 Å². The lowest BCUT2D eigenvalue weighted by atomic mass is 9.91. The fraction of sp³-hybridized carbons (Fsp3) is 1.00. The molecule has 2 heteroatoms. The van der Waals surface area contributed by atoms with Gasteiger partial charge in [0.2, 0.25) is 0 Å². The quantitative estimate of drug-likeness (QED) is 0.541. The topological polar surface area (TPSA) is 46.2 Å². The third-order valence-electron chi connectivity index (χ3n) is 2.42. The largest absolute Gasteiger partial charge is 0.396 e. The molecule has 1 fully saturated rings. The van der Waals surface area contributed by atoms with Crippen molar-refractivity contribution >= 4 is 0 Å². The first-order chi connectivity index (χ1) is 4.17. The van der Waals surface area contributed by atoms with Gasteiger partial charge in [-0.1, -0.05) is 6.42 Å². The van der Waals surface area contributed by atoms with E-state index in [1.165, 1.54) is 6.42 Å². The van der Waals surface area contributed by atoms with Crippen molar-refractivity contribution in [1.82, 2.24) is 0 Å². The molecule has 0 aliphatic heterocycles. The molecular formula is C7H15NO. The summed E-state index contributed by atoms with van der Waals surface area (Å²) in [4.78, 5) is 0. The summed E-state index contributed by atoms with van der Waals surface area (Å²) in [6, 6.07) is 0. The second-order valence-corrected chi connectivity index (χ2v) is 3.28. The number of hydrogen-bond acceptors (Lipinski definition) is 2. The monoisotopic (exact) mass is 129 g/mol. The average Bonchev–Trinajstić information content (AvgIpc) is 2.08. The van der Waals surface area contributed by atoms with Crippen LogP contribution in [0.25, 0.3) is 0 Å². The molecule has 54 valence electrons. The zero-order valence-corrected chi connectivity index (χ0v) is 5.93. The molecule has 0 aromatic carbocycles. The van der Waals surface area contributed by atoms with Gasteiger partial charge in [0.25, 0.3) is 0 Å². The lowest BCUT2D eigenvalue weighted by Gasteiger charge is -2.24. The number of nitrogens with two attached hydrogens (primary N) is 1. The van der Waals surface area contributed by atoms with Gasteiger partial charge in [0.05, 0.1) is 0 Å². The Kier molecular flexibility index (Phi) is 1.78. The van der Waals surface area contributed by atoms with E-state index in [4.69, 9.17) is 10.8 Å². The van der Waals surface area contributed by atoms with E-state index in [1.807, 2.05) is 6.92 Å².